The van der Waals surface area contributed by atoms with Gasteiger partial charge in [-0.1, -0.05) is 13.8 Å². The van der Waals surface area contributed by atoms with E-state index < -0.39 is 11.0 Å². The van der Waals surface area contributed by atoms with E-state index in [-0.39, 0.29) is 23.3 Å². The molecule has 0 fully saturated rings. The van der Waals surface area contributed by atoms with Gasteiger partial charge in [-0.3, -0.25) is 14.9 Å². The van der Waals surface area contributed by atoms with E-state index in [1.165, 1.54) is 25.4 Å². The van der Waals surface area contributed by atoms with Crippen LogP contribution in [0.1, 0.15) is 13.8 Å². The molecule has 1 amide bonds. The van der Waals surface area contributed by atoms with E-state index in [0.29, 0.717) is 0 Å². The number of nitro groups is 1. The van der Waals surface area contributed by atoms with Gasteiger partial charge >= 0.3 is 5.69 Å². The lowest BCUT2D eigenvalue weighted by molar-refractivity contribution is -0.384. The van der Waals surface area contributed by atoms with Crippen molar-refractivity contribution in [3.8, 4) is 0 Å². The zero-order valence-corrected chi connectivity index (χ0v) is 10.5. The van der Waals surface area contributed by atoms with Crippen LogP contribution in [0.2, 0.25) is 0 Å². The fourth-order valence-electron chi connectivity index (χ4n) is 1.49. The van der Waals surface area contributed by atoms with Gasteiger partial charge in [0.2, 0.25) is 11.7 Å². The van der Waals surface area contributed by atoms with Gasteiger partial charge in [0, 0.05) is 19.3 Å². The van der Waals surface area contributed by atoms with Gasteiger partial charge in [0.25, 0.3) is 0 Å². The van der Waals surface area contributed by atoms with Crippen LogP contribution in [0.5, 0.6) is 0 Å². The second kappa shape index (κ2) is 5.95. The van der Waals surface area contributed by atoms with Crippen molar-refractivity contribution in [2.75, 3.05) is 12.4 Å². The van der Waals surface area contributed by atoms with Gasteiger partial charge in [-0.2, -0.15) is 0 Å². The highest BCUT2D eigenvalue weighted by Gasteiger charge is 2.24. The van der Waals surface area contributed by atoms with Crippen LogP contribution in [0.15, 0.2) is 18.3 Å². The number of likely N-dealkylation sites (N-methyl/N-ethyl adjacent to an activating group) is 1. The molecule has 1 heterocycles. The van der Waals surface area contributed by atoms with E-state index in [9.17, 15) is 14.9 Å². The van der Waals surface area contributed by atoms with Crippen molar-refractivity contribution in [3.05, 3.63) is 28.4 Å². The molecule has 7 nitrogen and oxygen atoms in total. The molecule has 0 spiro atoms. The Balaban J connectivity index is 3.01. The molecule has 1 aromatic rings. The lowest BCUT2D eigenvalue weighted by Crippen LogP contribution is -2.41. The van der Waals surface area contributed by atoms with Gasteiger partial charge in [-0.05, 0) is 12.0 Å². The number of rotatable bonds is 5. The normalized spacial score (nSPS) is 12.0. The van der Waals surface area contributed by atoms with Crippen LogP contribution in [-0.4, -0.2) is 28.9 Å². The molecule has 18 heavy (non-hydrogen) atoms. The van der Waals surface area contributed by atoms with Crippen LogP contribution in [-0.2, 0) is 4.79 Å². The lowest BCUT2D eigenvalue weighted by Gasteiger charge is -2.20. The van der Waals surface area contributed by atoms with Crippen molar-refractivity contribution in [2.24, 2.45) is 5.92 Å². The zero-order valence-electron chi connectivity index (χ0n) is 10.5. The monoisotopic (exact) mass is 252 g/mol. The first-order chi connectivity index (χ1) is 8.47. The maximum absolute atomic E-state index is 11.7. The Labute approximate surface area is 105 Å². The maximum Gasteiger partial charge on any atom is 0.311 e. The second-order valence-corrected chi connectivity index (χ2v) is 4.11. The Morgan fingerprint density at radius 3 is 2.67 bits per heavy atom. The molecule has 0 aliphatic heterocycles. The highest BCUT2D eigenvalue weighted by atomic mass is 16.6. The largest absolute Gasteiger partial charge is 0.357 e. The molecule has 1 rings (SSSR count). The number of anilines is 1. The SMILES string of the molecule is CNC(=O)C(Nc1ncccc1[N+](=O)[O-])C(C)C. The minimum absolute atomic E-state index is 0.0217. The van der Waals surface area contributed by atoms with E-state index >= 15 is 0 Å². The van der Waals surface area contributed by atoms with Gasteiger partial charge in [-0.25, -0.2) is 4.98 Å². The van der Waals surface area contributed by atoms with Crippen LogP contribution >= 0.6 is 0 Å². The highest BCUT2D eigenvalue weighted by Crippen LogP contribution is 2.22. The van der Waals surface area contributed by atoms with Crippen LogP contribution < -0.4 is 10.6 Å². The van der Waals surface area contributed by atoms with Crippen molar-refractivity contribution >= 4 is 17.4 Å². The van der Waals surface area contributed by atoms with Crippen LogP contribution in [0, 0.1) is 16.0 Å². The topological polar surface area (TPSA) is 97.2 Å². The number of hydrogen-bond acceptors (Lipinski definition) is 5. The molecule has 2 N–H and O–H groups in total. The molecule has 1 aromatic heterocycles. The summed E-state index contributed by atoms with van der Waals surface area (Å²) in [4.78, 5) is 25.9. The summed E-state index contributed by atoms with van der Waals surface area (Å²) in [7, 11) is 1.52. The van der Waals surface area contributed by atoms with Gasteiger partial charge in [0.1, 0.15) is 6.04 Å². The molecule has 0 radical (unpaired) electrons. The number of aromatic nitrogens is 1. The first kappa shape index (κ1) is 13.9. The van der Waals surface area contributed by atoms with E-state index in [1.807, 2.05) is 13.8 Å². The van der Waals surface area contributed by atoms with Crippen molar-refractivity contribution in [1.82, 2.24) is 10.3 Å². The fourth-order valence-corrected chi connectivity index (χ4v) is 1.49. The summed E-state index contributed by atoms with van der Waals surface area (Å²) < 4.78 is 0. The molecule has 0 saturated carbocycles. The Kier molecular flexibility index (Phi) is 4.59. The summed E-state index contributed by atoms with van der Waals surface area (Å²) in [5.41, 5.74) is -0.146. The number of nitrogens with one attached hydrogen (secondary N) is 2. The summed E-state index contributed by atoms with van der Waals surface area (Å²) in [5, 5.41) is 16.2. The summed E-state index contributed by atoms with van der Waals surface area (Å²) in [5.74, 6) is -0.152. The predicted molar refractivity (Wildman–Crippen MR) is 67.2 cm³/mol. The zero-order chi connectivity index (χ0) is 13.7. The van der Waals surface area contributed by atoms with Crippen molar-refractivity contribution in [1.29, 1.82) is 0 Å². The molecule has 1 atom stereocenters. The second-order valence-electron chi connectivity index (χ2n) is 4.11. The summed E-state index contributed by atoms with van der Waals surface area (Å²) >= 11 is 0. The Bertz CT molecular complexity index is 448. The molecule has 0 aliphatic carbocycles. The molecule has 0 bridgehead atoms. The lowest BCUT2D eigenvalue weighted by atomic mass is 10.0. The van der Waals surface area contributed by atoms with Crippen molar-refractivity contribution < 1.29 is 9.72 Å². The molecular weight excluding hydrogens is 236 g/mol. The molecule has 1 unspecified atom stereocenters. The number of carbonyl (C=O) groups excluding carboxylic acids is 1. The fraction of sp³-hybridized carbons (Fsp3) is 0.455. The van der Waals surface area contributed by atoms with E-state index in [4.69, 9.17) is 0 Å². The Morgan fingerprint density at radius 2 is 2.17 bits per heavy atom. The van der Waals surface area contributed by atoms with Crippen LogP contribution in [0.3, 0.4) is 0 Å². The minimum atomic E-state index is -0.566. The number of pyridine rings is 1. The highest BCUT2D eigenvalue weighted by molar-refractivity contribution is 5.85. The average molecular weight is 252 g/mol. The van der Waals surface area contributed by atoms with Gasteiger partial charge < -0.3 is 10.6 Å². The quantitative estimate of drug-likeness (QED) is 0.605. The smallest absolute Gasteiger partial charge is 0.311 e. The summed E-state index contributed by atoms with van der Waals surface area (Å²) in [6, 6.07) is 2.26. The Hall–Kier alpha value is -2.18. The summed E-state index contributed by atoms with van der Waals surface area (Å²) in [6.45, 7) is 3.70. The predicted octanol–water partition coefficient (Wildman–Crippen LogP) is 1.17. The molecule has 7 heteroatoms. The number of hydrogen-bond donors (Lipinski definition) is 2. The van der Waals surface area contributed by atoms with E-state index in [1.54, 1.807) is 0 Å². The Morgan fingerprint density at radius 1 is 1.50 bits per heavy atom. The van der Waals surface area contributed by atoms with E-state index in [0.717, 1.165) is 0 Å². The van der Waals surface area contributed by atoms with Gasteiger partial charge in [-0.15, -0.1) is 0 Å². The third-order valence-corrected chi connectivity index (χ3v) is 2.47. The van der Waals surface area contributed by atoms with Crippen LogP contribution in [0.25, 0.3) is 0 Å². The first-order valence-electron chi connectivity index (χ1n) is 5.55. The molecule has 98 valence electrons. The van der Waals surface area contributed by atoms with Crippen LogP contribution in [0.4, 0.5) is 11.5 Å². The number of amides is 1. The molecule has 0 saturated heterocycles. The van der Waals surface area contributed by atoms with Crippen molar-refractivity contribution in [2.45, 2.75) is 19.9 Å². The number of carbonyl (C=O) groups is 1. The average Bonchev–Trinajstić information content (AvgIpc) is 2.34. The number of nitrogens with zero attached hydrogens (tertiary/aromatic N) is 2. The van der Waals surface area contributed by atoms with E-state index in [2.05, 4.69) is 15.6 Å². The van der Waals surface area contributed by atoms with Crippen molar-refractivity contribution in [3.63, 3.8) is 0 Å². The summed E-state index contributed by atoms with van der Waals surface area (Å²) in [6.07, 6.45) is 1.44. The van der Waals surface area contributed by atoms with Gasteiger partial charge in [0.15, 0.2) is 0 Å². The first-order valence-corrected chi connectivity index (χ1v) is 5.55. The standard InChI is InChI=1S/C11H16N4O3/c1-7(2)9(11(16)12-3)14-10-8(15(17)18)5-4-6-13-10/h4-7,9H,1-3H3,(H,12,16)(H,13,14). The van der Waals surface area contributed by atoms with Gasteiger partial charge in [0.05, 0.1) is 4.92 Å². The third kappa shape index (κ3) is 3.16. The minimum Gasteiger partial charge on any atom is -0.357 e. The molecular formula is C11H16N4O3. The molecule has 0 aromatic carbocycles. The maximum atomic E-state index is 11.7. The third-order valence-electron chi connectivity index (χ3n) is 2.47. The molecule has 0 aliphatic rings.